The number of nitriles is 1. The molecule has 3 heterocycles. The van der Waals surface area contributed by atoms with Crippen molar-refractivity contribution in [1.29, 1.82) is 5.26 Å². The lowest BCUT2D eigenvalue weighted by Crippen LogP contribution is -2.28. The van der Waals surface area contributed by atoms with E-state index in [1.807, 2.05) is 6.07 Å². The highest BCUT2D eigenvalue weighted by molar-refractivity contribution is 6.35. The molecule has 0 spiro atoms. The Morgan fingerprint density at radius 3 is 2.70 bits per heavy atom. The van der Waals surface area contributed by atoms with Crippen LogP contribution in [0, 0.1) is 29.9 Å². The number of nitrogens with one attached hydrogen (secondary N) is 1. The van der Waals surface area contributed by atoms with E-state index in [0.717, 1.165) is 22.9 Å². The van der Waals surface area contributed by atoms with Gasteiger partial charge in [-0.1, -0.05) is 11.6 Å². The molecule has 0 fully saturated rings. The Morgan fingerprint density at radius 2 is 2.00 bits per heavy atom. The maximum Gasteiger partial charge on any atom is 0.267 e. The first kappa shape index (κ1) is 22.0. The maximum absolute atomic E-state index is 14.6. The number of fused-ring (bicyclic) bond motifs is 1. The normalized spacial score (nSPS) is 11.9. The molecule has 0 aliphatic heterocycles. The fraction of sp³-hybridized carbons (Fsp3) is 0.143. The second-order valence-corrected chi connectivity index (χ2v) is 7.49. The average Bonchev–Trinajstić information content (AvgIpc) is 2.75. The zero-order valence-corrected chi connectivity index (χ0v) is 18.0. The van der Waals surface area contributed by atoms with E-state index in [9.17, 15) is 18.8 Å². The summed E-state index contributed by atoms with van der Waals surface area (Å²) in [4.78, 5) is 29.7. The molecule has 1 atom stereocenters. The molecular formula is C21H15ClF2N8O. The Bertz CT molecular complexity index is 1520. The molecule has 4 rings (SSSR count). The third-order valence-electron chi connectivity index (χ3n) is 4.80. The number of hydrogen-bond donors (Lipinski definition) is 2. The highest BCUT2D eigenvalue weighted by Crippen LogP contribution is 2.27. The standard InChI is InChI=1S/C21H15ClF2N8O/c1-9(28-19-13(6-25)18(26)29-10(2)30-19)20-31-17-15(24)4-3-14(22)16(17)21(33)32(20)12-5-11(23)7-27-8-12/h3-5,7-9H,1-2H3,(H3,26,28,29,30)/t9-/m0/s1. The van der Waals surface area contributed by atoms with Crippen LogP contribution in [-0.4, -0.2) is 24.5 Å². The van der Waals surface area contributed by atoms with Crippen LogP contribution < -0.4 is 16.6 Å². The molecule has 12 heteroatoms. The van der Waals surface area contributed by atoms with E-state index < -0.39 is 23.2 Å². The molecule has 9 nitrogen and oxygen atoms in total. The summed E-state index contributed by atoms with van der Waals surface area (Å²) in [6.45, 7) is 3.20. The molecule has 166 valence electrons. The fourth-order valence-electron chi connectivity index (χ4n) is 3.38. The zero-order valence-electron chi connectivity index (χ0n) is 17.3. The molecule has 0 saturated heterocycles. The molecule has 4 aromatic rings. The predicted octanol–water partition coefficient (Wildman–Crippen LogP) is 3.44. The Kier molecular flexibility index (Phi) is 5.61. The summed E-state index contributed by atoms with van der Waals surface area (Å²) < 4.78 is 29.6. The Morgan fingerprint density at radius 1 is 1.24 bits per heavy atom. The lowest BCUT2D eigenvalue weighted by Gasteiger charge is -2.21. The lowest BCUT2D eigenvalue weighted by atomic mass is 10.2. The molecule has 0 aliphatic rings. The van der Waals surface area contributed by atoms with Crippen LogP contribution in [0.5, 0.6) is 0 Å². The summed E-state index contributed by atoms with van der Waals surface area (Å²) in [5.74, 6) is -1.08. The number of anilines is 2. The maximum atomic E-state index is 14.6. The summed E-state index contributed by atoms with van der Waals surface area (Å²) in [5.41, 5.74) is 4.89. The van der Waals surface area contributed by atoms with E-state index in [2.05, 4.69) is 25.3 Å². The van der Waals surface area contributed by atoms with Crippen LogP contribution in [0.1, 0.15) is 30.2 Å². The smallest absolute Gasteiger partial charge is 0.267 e. The third kappa shape index (κ3) is 3.92. The van der Waals surface area contributed by atoms with E-state index in [1.165, 1.54) is 12.3 Å². The number of aryl methyl sites for hydroxylation is 1. The average molecular weight is 469 g/mol. The van der Waals surface area contributed by atoms with Gasteiger partial charge in [0, 0.05) is 6.07 Å². The number of hydrogen-bond acceptors (Lipinski definition) is 8. The van der Waals surface area contributed by atoms with Gasteiger partial charge in [0.2, 0.25) is 0 Å². The van der Waals surface area contributed by atoms with Crippen molar-refractivity contribution in [3.63, 3.8) is 0 Å². The topological polar surface area (TPSA) is 135 Å². The van der Waals surface area contributed by atoms with Crippen molar-refractivity contribution in [2.75, 3.05) is 11.1 Å². The number of nitrogen functional groups attached to an aromatic ring is 1. The Balaban J connectivity index is 1.99. The summed E-state index contributed by atoms with van der Waals surface area (Å²) in [5, 5.41) is 12.2. The van der Waals surface area contributed by atoms with Crippen LogP contribution in [0.15, 0.2) is 35.4 Å². The van der Waals surface area contributed by atoms with Crippen LogP contribution in [0.3, 0.4) is 0 Å². The number of nitrogens with two attached hydrogens (primary N) is 1. The minimum absolute atomic E-state index is 0.000191. The molecule has 3 aromatic heterocycles. The van der Waals surface area contributed by atoms with Crippen molar-refractivity contribution in [3.05, 3.63) is 74.8 Å². The molecule has 33 heavy (non-hydrogen) atoms. The van der Waals surface area contributed by atoms with Crippen LogP contribution in [-0.2, 0) is 0 Å². The molecule has 0 saturated carbocycles. The Labute approximate surface area is 190 Å². The molecule has 0 radical (unpaired) electrons. The number of benzene rings is 1. The number of nitrogens with zero attached hydrogens (tertiary/aromatic N) is 6. The van der Waals surface area contributed by atoms with Crippen molar-refractivity contribution in [2.45, 2.75) is 19.9 Å². The highest BCUT2D eigenvalue weighted by atomic mass is 35.5. The number of pyridine rings is 1. The van der Waals surface area contributed by atoms with Crippen molar-refractivity contribution in [3.8, 4) is 11.8 Å². The highest BCUT2D eigenvalue weighted by Gasteiger charge is 2.23. The molecule has 0 amide bonds. The minimum Gasteiger partial charge on any atom is -0.382 e. The van der Waals surface area contributed by atoms with Crippen molar-refractivity contribution < 1.29 is 8.78 Å². The van der Waals surface area contributed by atoms with Crippen LogP contribution in [0.2, 0.25) is 5.02 Å². The van der Waals surface area contributed by atoms with E-state index >= 15 is 0 Å². The van der Waals surface area contributed by atoms with Crippen molar-refractivity contribution in [1.82, 2.24) is 24.5 Å². The summed E-state index contributed by atoms with van der Waals surface area (Å²) in [6.07, 6.45) is 2.23. The van der Waals surface area contributed by atoms with E-state index in [-0.39, 0.29) is 44.6 Å². The molecule has 0 bridgehead atoms. The van der Waals surface area contributed by atoms with Gasteiger partial charge >= 0.3 is 0 Å². The fourth-order valence-corrected chi connectivity index (χ4v) is 3.61. The minimum atomic E-state index is -0.829. The SMILES string of the molecule is Cc1nc(N)c(C#N)c(N[C@@H](C)c2nc3c(F)ccc(Cl)c3c(=O)n2-c2cncc(F)c2)n1. The molecule has 3 N–H and O–H groups in total. The van der Waals surface area contributed by atoms with E-state index in [0.29, 0.717) is 5.82 Å². The monoisotopic (exact) mass is 468 g/mol. The molecule has 0 aliphatic carbocycles. The Hall–Kier alpha value is -4.17. The van der Waals surface area contributed by atoms with Gasteiger partial charge in [-0.3, -0.25) is 14.3 Å². The van der Waals surface area contributed by atoms with Gasteiger partial charge in [-0.25, -0.2) is 23.7 Å². The first-order valence-corrected chi connectivity index (χ1v) is 9.91. The van der Waals surface area contributed by atoms with Gasteiger partial charge in [-0.2, -0.15) is 5.26 Å². The van der Waals surface area contributed by atoms with Gasteiger partial charge in [-0.15, -0.1) is 0 Å². The number of rotatable bonds is 4. The summed E-state index contributed by atoms with van der Waals surface area (Å²) in [6, 6.07) is 4.51. The van der Waals surface area contributed by atoms with Crippen molar-refractivity contribution >= 4 is 34.1 Å². The number of aromatic nitrogens is 5. The van der Waals surface area contributed by atoms with Gasteiger partial charge in [0.1, 0.15) is 46.3 Å². The molecular weight excluding hydrogens is 454 g/mol. The van der Waals surface area contributed by atoms with Gasteiger partial charge in [0.05, 0.1) is 34.5 Å². The zero-order chi connectivity index (χ0) is 23.9. The quantitative estimate of drug-likeness (QED) is 0.465. The largest absolute Gasteiger partial charge is 0.382 e. The predicted molar refractivity (Wildman–Crippen MR) is 118 cm³/mol. The van der Waals surface area contributed by atoms with Crippen LogP contribution >= 0.6 is 11.6 Å². The van der Waals surface area contributed by atoms with Gasteiger partial charge in [-0.05, 0) is 26.0 Å². The first-order valence-electron chi connectivity index (χ1n) is 9.53. The molecule has 1 aromatic carbocycles. The van der Waals surface area contributed by atoms with Crippen LogP contribution in [0.4, 0.5) is 20.4 Å². The number of halogens is 3. The summed E-state index contributed by atoms with van der Waals surface area (Å²) in [7, 11) is 0. The second-order valence-electron chi connectivity index (χ2n) is 7.08. The van der Waals surface area contributed by atoms with E-state index in [4.69, 9.17) is 17.3 Å². The molecule has 0 unspecified atom stereocenters. The van der Waals surface area contributed by atoms with Gasteiger partial charge < -0.3 is 11.1 Å². The van der Waals surface area contributed by atoms with Crippen LogP contribution in [0.25, 0.3) is 16.6 Å². The third-order valence-corrected chi connectivity index (χ3v) is 5.11. The summed E-state index contributed by atoms with van der Waals surface area (Å²) >= 11 is 6.17. The van der Waals surface area contributed by atoms with Gasteiger partial charge in [0.25, 0.3) is 5.56 Å². The van der Waals surface area contributed by atoms with Crippen molar-refractivity contribution in [2.24, 2.45) is 0 Å². The second kappa shape index (κ2) is 8.40. The van der Waals surface area contributed by atoms with E-state index in [1.54, 1.807) is 13.8 Å². The lowest BCUT2D eigenvalue weighted by molar-refractivity contribution is 0.616. The van der Waals surface area contributed by atoms with Gasteiger partial charge in [0.15, 0.2) is 5.82 Å². The first-order chi connectivity index (χ1) is 15.7.